The van der Waals surface area contributed by atoms with Gasteiger partial charge in [0.1, 0.15) is 11.6 Å². The lowest BCUT2D eigenvalue weighted by Crippen LogP contribution is -2.25. The average Bonchev–Trinajstić information content (AvgIpc) is 3.41. The lowest BCUT2D eigenvalue weighted by Gasteiger charge is -2.11. The molecule has 142 valence electrons. The van der Waals surface area contributed by atoms with Gasteiger partial charge < -0.3 is 10.6 Å². The van der Waals surface area contributed by atoms with Crippen LogP contribution in [0.2, 0.25) is 0 Å². The van der Waals surface area contributed by atoms with E-state index in [1.807, 2.05) is 38.1 Å². The van der Waals surface area contributed by atoms with Gasteiger partial charge in [-0.3, -0.25) is 4.79 Å². The van der Waals surface area contributed by atoms with Crippen molar-refractivity contribution in [3.8, 4) is 11.1 Å². The van der Waals surface area contributed by atoms with Gasteiger partial charge in [0.25, 0.3) is 0 Å². The Labute approximate surface area is 158 Å². The molecule has 1 aliphatic rings. The number of rotatable bonds is 6. The molecule has 3 rings (SSSR count). The van der Waals surface area contributed by atoms with E-state index in [0.717, 1.165) is 24.1 Å². The first-order valence-electron chi connectivity index (χ1n) is 9.18. The first kappa shape index (κ1) is 19.1. The second-order valence-electron chi connectivity index (χ2n) is 7.31. The summed E-state index contributed by atoms with van der Waals surface area (Å²) in [6.45, 7) is 5.64. The van der Waals surface area contributed by atoms with E-state index in [2.05, 4.69) is 10.6 Å². The third kappa shape index (κ3) is 4.94. The van der Waals surface area contributed by atoms with Gasteiger partial charge in [-0.2, -0.15) is 0 Å². The maximum Gasteiger partial charge on any atom is 0.247 e. The van der Waals surface area contributed by atoms with Crippen molar-refractivity contribution in [2.24, 2.45) is 0 Å². The molecule has 27 heavy (non-hydrogen) atoms. The van der Waals surface area contributed by atoms with Gasteiger partial charge in [0, 0.05) is 28.9 Å². The molecule has 0 radical (unpaired) electrons. The summed E-state index contributed by atoms with van der Waals surface area (Å²) in [5, 5.41) is 6.08. The van der Waals surface area contributed by atoms with Crippen LogP contribution >= 0.6 is 0 Å². The molecule has 5 heteroatoms. The summed E-state index contributed by atoms with van der Waals surface area (Å²) in [4.78, 5) is 12.0. The fourth-order valence-electron chi connectivity index (χ4n) is 2.79. The number of carbonyl (C=O) groups excluding carboxylic acids is 1. The molecule has 1 aliphatic carbocycles. The predicted octanol–water partition coefficient (Wildman–Crippen LogP) is 5.13. The minimum absolute atomic E-state index is 0.194. The van der Waals surface area contributed by atoms with Gasteiger partial charge in [-0.15, -0.1) is 0 Å². The normalized spacial score (nSPS) is 14.4. The Bertz CT molecular complexity index is 845. The Morgan fingerprint density at radius 2 is 1.67 bits per heavy atom. The first-order valence-corrected chi connectivity index (χ1v) is 9.18. The summed E-state index contributed by atoms with van der Waals surface area (Å²) < 4.78 is 29.0. The van der Waals surface area contributed by atoms with Gasteiger partial charge in [-0.05, 0) is 75.1 Å². The quantitative estimate of drug-likeness (QED) is 0.692. The van der Waals surface area contributed by atoms with Crippen molar-refractivity contribution in [3.05, 3.63) is 59.2 Å². The number of hydrogen-bond acceptors (Lipinski definition) is 2. The first-order chi connectivity index (χ1) is 12.8. The molecule has 0 bridgehead atoms. The number of amides is 1. The van der Waals surface area contributed by atoms with Crippen LogP contribution in [0.4, 0.5) is 14.5 Å². The maximum absolute atomic E-state index is 14.5. The summed E-state index contributed by atoms with van der Waals surface area (Å²) in [5.74, 6) is -1.66. The van der Waals surface area contributed by atoms with Crippen molar-refractivity contribution in [1.82, 2.24) is 5.32 Å². The molecule has 2 aromatic carbocycles. The number of benzene rings is 2. The summed E-state index contributed by atoms with van der Waals surface area (Å²) >= 11 is 0. The molecule has 2 N–H and O–H groups in total. The third-order valence-electron chi connectivity index (χ3n) is 4.38. The Morgan fingerprint density at radius 3 is 2.19 bits per heavy atom. The molecule has 0 spiro atoms. The van der Waals surface area contributed by atoms with E-state index < -0.39 is 11.6 Å². The number of hydrogen-bond donors (Lipinski definition) is 2. The van der Waals surface area contributed by atoms with Crippen LogP contribution in [0.5, 0.6) is 0 Å². The molecule has 0 saturated heterocycles. The van der Waals surface area contributed by atoms with Gasteiger partial charge >= 0.3 is 0 Å². The number of anilines is 1. The molecule has 1 fully saturated rings. The van der Waals surface area contributed by atoms with E-state index in [9.17, 15) is 13.6 Å². The zero-order valence-electron chi connectivity index (χ0n) is 15.8. The highest BCUT2D eigenvalue weighted by molar-refractivity contribution is 5.97. The maximum atomic E-state index is 14.5. The fourth-order valence-corrected chi connectivity index (χ4v) is 2.79. The minimum Gasteiger partial charge on any atom is -0.383 e. The molecule has 3 nitrogen and oxygen atoms in total. The van der Waals surface area contributed by atoms with Crippen LogP contribution < -0.4 is 10.6 Å². The van der Waals surface area contributed by atoms with Gasteiger partial charge in [-0.1, -0.05) is 12.1 Å². The lowest BCUT2D eigenvalue weighted by molar-refractivity contribution is -0.117. The van der Waals surface area contributed by atoms with Crippen molar-refractivity contribution in [2.75, 3.05) is 5.32 Å². The van der Waals surface area contributed by atoms with Crippen LogP contribution in [0, 0.1) is 11.6 Å². The molecule has 1 amide bonds. The second kappa shape index (κ2) is 7.91. The molecule has 1 saturated carbocycles. The lowest BCUT2D eigenvalue weighted by atomic mass is 10.0. The molecule has 2 aromatic rings. The van der Waals surface area contributed by atoms with Crippen LogP contribution in [0.25, 0.3) is 17.2 Å². The molecule has 0 heterocycles. The minimum atomic E-state index is -0.687. The van der Waals surface area contributed by atoms with Crippen molar-refractivity contribution in [1.29, 1.82) is 0 Å². The number of halogens is 2. The van der Waals surface area contributed by atoms with Crippen LogP contribution in [-0.2, 0) is 4.79 Å². The van der Waals surface area contributed by atoms with Crippen LogP contribution in [0.15, 0.2) is 42.0 Å². The third-order valence-corrected chi connectivity index (χ3v) is 4.38. The number of nitrogens with one attached hydrogen (secondary N) is 2. The largest absolute Gasteiger partial charge is 0.383 e. The molecular weight excluding hydrogens is 346 g/mol. The zero-order chi connectivity index (χ0) is 19.6. The van der Waals surface area contributed by atoms with Crippen LogP contribution in [0.1, 0.15) is 39.2 Å². The highest BCUT2D eigenvalue weighted by Gasteiger charge is 2.24. The van der Waals surface area contributed by atoms with Crippen molar-refractivity contribution in [3.63, 3.8) is 0 Å². The number of carbonyl (C=O) groups is 1. The van der Waals surface area contributed by atoms with Gasteiger partial charge in [0.15, 0.2) is 0 Å². The second-order valence-corrected chi connectivity index (χ2v) is 7.31. The monoisotopic (exact) mass is 370 g/mol. The summed E-state index contributed by atoms with van der Waals surface area (Å²) in [5.41, 5.74) is 2.22. The van der Waals surface area contributed by atoms with E-state index >= 15 is 0 Å². The van der Waals surface area contributed by atoms with E-state index in [1.165, 1.54) is 18.2 Å². The van der Waals surface area contributed by atoms with Gasteiger partial charge in [0.2, 0.25) is 5.91 Å². The summed E-state index contributed by atoms with van der Waals surface area (Å²) in [6.07, 6.45) is 3.19. The van der Waals surface area contributed by atoms with Crippen LogP contribution in [0.3, 0.4) is 0 Å². The SMILES string of the molecule is C/C(=C\c1c(F)cc(-c2ccc(NC(C)C)cc2)cc1F)C(=O)NC1CC1. The van der Waals surface area contributed by atoms with E-state index in [-0.39, 0.29) is 23.1 Å². The standard InChI is InChI=1S/C22H24F2N2O/c1-13(2)25-17-6-4-15(5-7-17)16-11-20(23)19(21(24)12-16)10-14(3)22(27)26-18-8-9-18/h4-7,10-13,18,25H,8-9H2,1-3H3,(H,26,27)/b14-10+. The summed E-state index contributed by atoms with van der Waals surface area (Å²) in [6, 6.07) is 10.5. The van der Waals surface area contributed by atoms with E-state index in [0.29, 0.717) is 11.6 Å². The molecule has 0 aromatic heterocycles. The Balaban J connectivity index is 1.82. The Kier molecular flexibility index (Phi) is 5.59. The Morgan fingerprint density at radius 1 is 1.07 bits per heavy atom. The van der Waals surface area contributed by atoms with Crippen molar-refractivity contribution < 1.29 is 13.6 Å². The molecule has 0 atom stereocenters. The summed E-state index contributed by atoms with van der Waals surface area (Å²) in [7, 11) is 0. The van der Waals surface area contributed by atoms with Crippen molar-refractivity contribution >= 4 is 17.7 Å². The van der Waals surface area contributed by atoms with E-state index in [4.69, 9.17) is 0 Å². The highest BCUT2D eigenvalue weighted by Crippen LogP contribution is 2.27. The molecular formula is C22H24F2N2O. The molecule has 0 aliphatic heterocycles. The highest BCUT2D eigenvalue weighted by atomic mass is 19.1. The smallest absolute Gasteiger partial charge is 0.247 e. The Hall–Kier alpha value is -2.69. The van der Waals surface area contributed by atoms with Gasteiger partial charge in [-0.25, -0.2) is 8.78 Å². The average molecular weight is 370 g/mol. The molecule has 0 unspecified atom stereocenters. The topological polar surface area (TPSA) is 41.1 Å². The van der Waals surface area contributed by atoms with Gasteiger partial charge in [0.05, 0.1) is 0 Å². The van der Waals surface area contributed by atoms with Crippen LogP contribution in [-0.4, -0.2) is 18.0 Å². The van der Waals surface area contributed by atoms with E-state index in [1.54, 1.807) is 6.92 Å². The van der Waals surface area contributed by atoms with Crippen molar-refractivity contribution in [2.45, 2.75) is 45.7 Å². The predicted molar refractivity (Wildman–Crippen MR) is 105 cm³/mol. The zero-order valence-corrected chi connectivity index (χ0v) is 15.8. The fraction of sp³-hybridized carbons (Fsp3) is 0.318.